The average Bonchev–Trinajstić information content (AvgIpc) is 2.89. The van der Waals surface area contributed by atoms with Crippen LogP contribution < -0.4 is 5.32 Å². The lowest BCUT2D eigenvalue weighted by Crippen LogP contribution is -2.48. The Hall–Kier alpha value is -1.40. The molecule has 1 unspecified atom stereocenters. The maximum absolute atomic E-state index is 12.6. The number of rotatable bonds is 3. The van der Waals surface area contributed by atoms with Gasteiger partial charge in [0, 0.05) is 0 Å². The van der Waals surface area contributed by atoms with Gasteiger partial charge >= 0.3 is 12.1 Å². The molecule has 1 N–H and O–H groups in total. The minimum Gasteiger partial charge on any atom is -0.467 e. The highest BCUT2D eigenvalue weighted by Gasteiger charge is 2.66. The van der Waals surface area contributed by atoms with Gasteiger partial charge in [0.05, 0.1) is 13.0 Å². The first-order valence-corrected chi connectivity index (χ1v) is 5.50. The van der Waals surface area contributed by atoms with Crippen LogP contribution in [-0.2, 0) is 14.3 Å². The van der Waals surface area contributed by atoms with Gasteiger partial charge in [-0.1, -0.05) is 0 Å². The lowest BCUT2D eigenvalue weighted by atomic mass is 10.2. The number of amides is 1. The Bertz CT molecular complexity index is 353. The minimum absolute atomic E-state index is 0.142. The SMILES string of the molecule is COC(=O)C1(NC(=O)OC(C)(C)C)C[C@@H]1C(F)F. The van der Waals surface area contributed by atoms with Gasteiger partial charge in [-0.15, -0.1) is 0 Å². The van der Waals surface area contributed by atoms with E-state index in [4.69, 9.17) is 4.74 Å². The van der Waals surface area contributed by atoms with Crippen molar-refractivity contribution < 1.29 is 27.8 Å². The number of methoxy groups -OCH3 is 1. The van der Waals surface area contributed by atoms with Crippen LogP contribution in [-0.4, -0.2) is 36.7 Å². The highest BCUT2D eigenvalue weighted by atomic mass is 19.3. The van der Waals surface area contributed by atoms with Gasteiger partial charge in [0.25, 0.3) is 0 Å². The van der Waals surface area contributed by atoms with Crippen LogP contribution >= 0.6 is 0 Å². The molecule has 0 aromatic carbocycles. The fraction of sp³-hybridized carbons (Fsp3) is 0.818. The lowest BCUT2D eigenvalue weighted by molar-refractivity contribution is -0.145. The van der Waals surface area contributed by atoms with Crippen LogP contribution in [0, 0.1) is 5.92 Å². The van der Waals surface area contributed by atoms with Gasteiger partial charge in [0.1, 0.15) is 11.1 Å². The quantitative estimate of drug-likeness (QED) is 0.789. The Kier molecular flexibility index (Phi) is 3.83. The van der Waals surface area contributed by atoms with Crippen LogP contribution in [0.1, 0.15) is 27.2 Å². The molecule has 0 spiro atoms. The topological polar surface area (TPSA) is 64.6 Å². The van der Waals surface area contributed by atoms with Crippen molar-refractivity contribution in [2.24, 2.45) is 5.92 Å². The fourth-order valence-corrected chi connectivity index (χ4v) is 1.69. The van der Waals surface area contributed by atoms with Crippen LogP contribution in [0.4, 0.5) is 13.6 Å². The highest BCUT2D eigenvalue weighted by Crippen LogP contribution is 2.48. The fourth-order valence-electron chi connectivity index (χ4n) is 1.69. The summed E-state index contributed by atoms with van der Waals surface area (Å²) in [6.45, 7) is 4.90. The van der Waals surface area contributed by atoms with Crippen molar-refractivity contribution >= 4 is 12.1 Å². The molecule has 0 aromatic rings. The third-order valence-corrected chi connectivity index (χ3v) is 2.59. The summed E-state index contributed by atoms with van der Waals surface area (Å²) in [7, 11) is 1.09. The van der Waals surface area contributed by atoms with Gasteiger partial charge in [0.15, 0.2) is 0 Å². The molecule has 1 amide bonds. The maximum Gasteiger partial charge on any atom is 0.408 e. The molecule has 104 valence electrons. The van der Waals surface area contributed by atoms with E-state index in [0.717, 1.165) is 7.11 Å². The zero-order valence-corrected chi connectivity index (χ0v) is 10.8. The van der Waals surface area contributed by atoms with E-state index >= 15 is 0 Å². The average molecular weight is 265 g/mol. The summed E-state index contributed by atoms with van der Waals surface area (Å²) < 4.78 is 34.6. The van der Waals surface area contributed by atoms with Crippen LogP contribution in [0.2, 0.25) is 0 Å². The first-order chi connectivity index (χ1) is 8.12. The van der Waals surface area contributed by atoms with Gasteiger partial charge in [0.2, 0.25) is 6.43 Å². The van der Waals surface area contributed by atoms with E-state index in [-0.39, 0.29) is 6.42 Å². The molecule has 5 nitrogen and oxygen atoms in total. The highest BCUT2D eigenvalue weighted by molar-refractivity contribution is 5.89. The Morgan fingerprint density at radius 3 is 2.28 bits per heavy atom. The number of hydrogen-bond acceptors (Lipinski definition) is 4. The van der Waals surface area contributed by atoms with Gasteiger partial charge in [-0.3, -0.25) is 0 Å². The van der Waals surface area contributed by atoms with Crippen molar-refractivity contribution in [2.45, 2.75) is 44.8 Å². The molecule has 0 aromatic heterocycles. The Morgan fingerprint density at radius 1 is 1.39 bits per heavy atom. The number of alkyl carbamates (subject to hydrolysis) is 1. The van der Waals surface area contributed by atoms with Crippen molar-refractivity contribution in [3.63, 3.8) is 0 Å². The molecule has 18 heavy (non-hydrogen) atoms. The smallest absolute Gasteiger partial charge is 0.408 e. The second kappa shape index (κ2) is 4.70. The zero-order valence-electron chi connectivity index (χ0n) is 10.8. The van der Waals surface area contributed by atoms with E-state index in [1.54, 1.807) is 20.8 Å². The molecule has 2 atom stereocenters. The van der Waals surface area contributed by atoms with Crippen LogP contribution in [0.5, 0.6) is 0 Å². The van der Waals surface area contributed by atoms with E-state index in [0.29, 0.717) is 0 Å². The normalized spacial score (nSPS) is 26.7. The van der Waals surface area contributed by atoms with Gasteiger partial charge in [-0.2, -0.15) is 0 Å². The maximum atomic E-state index is 12.6. The molecule has 1 fully saturated rings. The summed E-state index contributed by atoms with van der Waals surface area (Å²) in [6, 6.07) is 0. The van der Waals surface area contributed by atoms with Crippen molar-refractivity contribution in [3.8, 4) is 0 Å². The number of alkyl halides is 2. The molecule has 1 aliphatic rings. The summed E-state index contributed by atoms with van der Waals surface area (Å²) in [5, 5.41) is 2.19. The molecule has 0 bridgehead atoms. The van der Waals surface area contributed by atoms with Gasteiger partial charge in [-0.25, -0.2) is 18.4 Å². The third kappa shape index (κ3) is 3.08. The van der Waals surface area contributed by atoms with Crippen LogP contribution in [0.15, 0.2) is 0 Å². The van der Waals surface area contributed by atoms with Crippen molar-refractivity contribution in [3.05, 3.63) is 0 Å². The second-order valence-corrected chi connectivity index (χ2v) is 5.23. The van der Waals surface area contributed by atoms with E-state index in [9.17, 15) is 18.4 Å². The Labute approximate surface area is 104 Å². The summed E-state index contributed by atoms with van der Waals surface area (Å²) in [5.74, 6) is -2.10. The number of halogens is 2. The standard InChI is InChI=1S/C11H17F2NO4/c1-10(2,3)18-9(16)14-11(8(15)17-4)5-6(11)7(12)13/h6-7H,5H2,1-4H3,(H,14,16)/t6-,11?/m1/s1. The summed E-state index contributed by atoms with van der Waals surface area (Å²) in [5.41, 5.74) is -2.41. The Balaban J connectivity index is 2.72. The molecule has 1 saturated carbocycles. The molecule has 0 saturated heterocycles. The number of ether oxygens (including phenoxy) is 2. The molecule has 7 heteroatoms. The Morgan fingerprint density at radius 2 is 1.94 bits per heavy atom. The van der Waals surface area contributed by atoms with E-state index in [1.165, 1.54) is 0 Å². The first-order valence-electron chi connectivity index (χ1n) is 5.50. The first kappa shape index (κ1) is 14.7. The number of esters is 1. The van der Waals surface area contributed by atoms with E-state index in [1.807, 2.05) is 0 Å². The largest absolute Gasteiger partial charge is 0.467 e. The number of carbonyl (C=O) groups excluding carboxylic acids is 2. The summed E-state index contributed by atoms with van der Waals surface area (Å²) in [6.07, 6.45) is -3.74. The molecular weight excluding hydrogens is 248 g/mol. The van der Waals surface area contributed by atoms with Gasteiger partial charge < -0.3 is 14.8 Å². The number of nitrogens with one attached hydrogen (secondary N) is 1. The third-order valence-electron chi connectivity index (χ3n) is 2.59. The monoisotopic (exact) mass is 265 g/mol. The molecule has 0 heterocycles. The molecular formula is C11H17F2NO4. The van der Waals surface area contributed by atoms with Crippen molar-refractivity contribution in [1.29, 1.82) is 0 Å². The lowest BCUT2D eigenvalue weighted by Gasteiger charge is -2.23. The van der Waals surface area contributed by atoms with Crippen molar-refractivity contribution in [1.82, 2.24) is 5.32 Å². The summed E-state index contributed by atoms with van der Waals surface area (Å²) >= 11 is 0. The number of hydrogen-bond donors (Lipinski definition) is 1. The van der Waals surface area contributed by atoms with E-state index < -0.39 is 35.5 Å². The predicted octanol–water partition coefficient (Wildman–Crippen LogP) is 1.71. The van der Waals surface area contributed by atoms with Crippen LogP contribution in [0.3, 0.4) is 0 Å². The molecule has 1 aliphatic carbocycles. The molecule has 0 aliphatic heterocycles. The predicted molar refractivity (Wildman–Crippen MR) is 58.2 cm³/mol. The second-order valence-electron chi connectivity index (χ2n) is 5.23. The zero-order chi connectivity index (χ0) is 14.1. The summed E-state index contributed by atoms with van der Waals surface area (Å²) in [4.78, 5) is 23.0. The molecule has 0 radical (unpaired) electrons. The van der Waals surface area contributed by atoms with Crippen LogP contribution in [0.25, 0.3) is 0 Å². The van der Waals surface area contributed by atoms with Crippen molar-refractivity contribution in [2.75, 3.05) is 7.11 Å². The van der Waals surface area contributed by atoms with E-state index in [2.05, 4.69) is 10.1 Å². The number of carbonyl (C=O) groups is 2. The van der Waals surface area contributed by atoms with Gasteiger partial charge in [-0.05, 0) is 27.2 Å². The minimum atomic E-state index is -2.70. The molecule has 1 rings (SSSR count).